The molecule has 32 heavy (non-hydrogen) atoms. The van der Waals surface area contributed by atoms with Gasteiger partial charge in [0.2, 0.25) is 0 Å². The molecule has 10 heteroatoms. The number of thiophene rings is 1. The summed E-state index contributed by atoms with van der Waals surface area (Å²) in [5.41, 5.74) is 0.455. The molecule has 3 amide bonds. The Morgan fingerprint density at radius 3 is 2.44 bits per heavy atom. The molecule has 0 aliphatic heterocycles. The van der Waals surface area contributed by atoms with E-state index in [0.29, 0.717) is 5.00 Å². The third kappa shape index (κ3) is 4.87. The second kappa shape index (κ2) is 9.23. The number of nitrogens with zero attached hydrogens (tertiary/aromatic N) is 1. The minimum atomic E-state index is -0.589. The van der Waals surface area contributed by atoms with Crippen molar-refractivity contribution in [3.63, 3.8) is 0 Å². The van der Waals surface area contributed by atoms with Crippen LogP contribution in [0.25, 0.3) is 0 Å². The molecule has 3 aromatic heterocycles. The maximum absolute atomic E-state index is 13.8. The third-order valence-electron chi connectivity index (χ3n) is 4.19. The minimum absolute atomic E-state index is 0.0776. The first-order valence-corrected chi connectivity index (χ1v) is 10.1. The van der Waals surface area contributed by atoms with Gasteiger partial charge in [0.25, 0.3) is 17.7 Å². The van der Waals surface area contributed by atoms with Crippen LogP contribution in [-0.2, 0) is 0 Å². The van der Waals surface area contributed by atoms with Crippen LogP contribution < -0.4 is 16.0 Å². The van der Waals surface area contributed by atoms with Gasteiger partial charge in [-0.3, -0.25) is 19.4 Å². The Balaban J connectivity index is 1.47. The summed E-state index contributed by atoms with van der Waals surface area (Å²) in [6.45, 7) is 0. The molecule has 0 fully saturated rings. The number of amides is 3. The summed E-state index contributed by atoms with van der Waals surface area (Å²) in [4.78, 5) is 41.4. The first-order valence-electron chi connectivity index (χ1n) is 9.27. The van der Waals surface area contributed by atoms with Crippen LogP contribution in [0.5, 0.6) is 0 Å². The SMILES string of the molecule is O=C(Nc1ccc(F)cc1NC(=O)c1ccc(NC(=O)c2ccco2)s1)c1ccccn1. The number of furan rings is 1. The Morgan fingerprint density at radius 1 is 0.844 bits per heavy atom. The number of nitrogens with one attached hydrogen (secondary N) is 3. The molecule has 0 spiro atoms. The van der Waals surface area contributed by atoms with Gasteiger partial charge in [-0.1, -0.05) is 6.07 Å². The van der Waals surface area contributed by atoms with E-state index in [4.69, 9.17) is 4.42 Å². The molecule has 8 nitrogen and oxygen atoms in total. The zero-order valence-electron chi connectivity index (χ0n) is 16.3. The van der Waals surface area contributed by atoms with E-state index in [1.165, 1.54) is 36.7 Å². The smallest absolute Gasteiger partial charge is 0.291 e. The van der Waals surface area contributed by atoms with Gasteiger partial charge in [-0.2, -0.15) is 0 Å². The molecule has 0 radical (unpaired) electrons. The van der Waals surface area contributed by atoms with E-state index in [2.05, 4.69) is 20.9 Å². The second-order valence-electron chi connectivity index (χ2n) is 6.41. The maximum Gasteiger partial charge on any atom is 0.291 e. The van der Waals surface area contributed by atoms with Crippen molar-refractivity contribution < 1.29 is 23.2 Å². The lowest BCUT2D eigenvalue weighted by molar-refractivity contribution is 0.0994. The molecule has 4 rings (SSSR count). The molecule has 3 N–H and O–H groups in total. The van der Waals surface area contributed by atoms with Crippen LogP contribution in [0.4, 0.5) is 20.8 Å². The fraction of sp³-hybridized carbons (Fsp3) is 0. The fourth-order valence-electron chi connectivity index (χ4n) is 2.70. The number of hydrogen-bond donors (Lipinski definition) is 3. The monoisotopic (exact) mass is 450 g/mol. The molecular formula is C22H15FN4O4S. The summed E-state index contributed by atoms with van der Waals surface area (Å²) in [5.74, 6) is -1.95. The third-order valence-corrected chi connectivity index (χ3v) is 5.19. The molecule has 0 saturated carbocycles. The molecule has 0 aliphatic rings. The van der Waals surface area contributed by atoms with Gasteiger partial charge in [-0.05, 0) is 54.6 Å². The normalized spacial score (nSPS) is 10.4. The van der Waals surface area contributed by atoms with E-state index >= 15 is 0 Å². The van der Waals surface area contributed by atoms with Crippen LogP contribution in [0.2, 0.25) is 0 Å². The summed E-state index contributed by atoms with van der Waals surface area (Å²) in [6.07, 6.45) is 2.85. The lowest BCUT2D eigenvalue weighted by Crippen LogP contribution is -2.17. The summed E-state index contributed by atoms with van der Waals surface area (Å²) in [7, 11) is 0. The first-order chi connectivity index (χ1) is 15.5. The standard InChI is InChI=1S/C22H15FN4O4S/c23-13-6-7-14(25-20(28)15-4-1-2-10-24-15)16(12-13)26-22(30)18-8-9-19(32-18)27-21(29)17-5-3-11-31-17/h1-12H,(H,25,28)(H,26,30)(H,27,29). The van der Waals surface area contributed by atoms with E-state index in [-0.39, 0.29) is 27.7 Å². The van der Waals surface area contributed by atoms with Crippen LogP contribution >= 0.6 is 11.3 Å². The highest BCUT2D eigenvalue weighted by Crippen LogP contribution is 2.27. The lowest BCUT2D eigenvalue weighted by atomic mass is 10.2. The first kappa shape index (κ1) is 20.9. The van der Waals surface area contributed by atoms with Crippen molar-refractivity contribution in [3.8, 4) is 0 Å². The number of benzene rings is 1. The maximum atomic E-state index is 13.8. The zero-order chi connectivity index (χ0) is 22.5. The topological polar surface area (TPSA) is 113 Å². The van der Waals surface area contributed by atoms with Crippen molar-refractivity contribution in [1.29, 1.82) is 0 Å². The van der Waals surface area contributed by atoms with E-state index in [1.54, 1.807) is 24.3 Å². The Hall–Kier alpha value is -4.31. The number of hydrogen-bond acceptors (Lipinski definition) is 6. The summed E-state index contributed by atoms with van der Waals surface area (Å²) < 4.78 is 18.8. The fourth-order valence-corrected chi connectivity index (χ4v) is 3.50. The molecule has 0 atom stereocenters. The molecule has 0 bridgehead atoms. The number of rotatable bonds is 6. The molecule has 160 valence electrons. The van der Waals surface area contributed by atoms with Gasteiger partial charge in [0.05, 0.1) is 27.5 Å². The summed E-state index contributed by atoms with van der Waals surface area (Å²) in [5, 5.41) is 8.25. The Labute approximate surface area is 185 Å². The number of carbonyl (C=O) groups excluding carboxylic acids is 3. The highest BCUT2D eigenvalue weighted by molar-refractivity contribution is 7.18. The number of anilines is 3. The summed E-state index contributed by atoms with van der Waals surface area (Å²) in [6, 6.07) is 14.7. The van der Waals surface area contributed by atoms with E-state index < -0.39 is 23.5 Å². The van der Waals surface area contributed by atoms with Crippen LogP contribution in [0.1, 0.15) is 30.7 Å². The van der Waals surface area contributed by atoms with Crippen LogP contribution in [0.15, 0.2) is 77.5 Å². The van der Waals surface area contributed by atoms with Crippen molar-refractivity contribution in [3.05, 3.63) is 95.3 Å². The van der Waals surface area contributed by atoms with E-state index in [0.717, 1.165) is 23.5 Å². The van der Waals surface area contributed by atoms with Gasteiger partial charge in [0.1, 0.15) is 11.5 Å². The number of pyridine rings is 1. The van der Waals surface area contributed by atoms with Crippen LogP contribution in [-0.4, -0.2) is 22.7 Å². The average Bonchev–Trinajstić information content (AvgIpc) is 3.48. The molecule has 4 aromatic rings. The second-order valence-corrected chi connectivity index (χ2v) is 7.49. The van der Waals surface area contributed by atoms with Crippen molar-refractivity contribution in [2.75, 3.05) is 16.0 Å². The quantitative estimate of drug-likeness (QED) is 0.396. The van der Waals surface area contributed by atoms with Gasteiger partial charge in [-0.15, -0.1) is 11.3 Å². The van der Waals surface area contributed by atoms with Gasteiger partial charge in [0, 0.05) is 6.20 Å². The van der Waals surface area contributed by atoms with Gasteiger partial charge < -0.3 is 20.4 Å². The van der Waals surface area contributed by atoms with Crippen molar-refractivity contribution in [2.45, 2.75) is 0 Å². The number of aromatic nitrogens is 1. The Kier molecular flexibility index (Phi) is 6.04. The van der Waals surface area contributed by atoms with Gasteiger partial charge in [0.15, 0.2) is 5.76 Å². The molecule has 0 saturated heterocycles. The zero-order valence-corrected chi connectivity index (χ0v) is 17.1. The highest BCUT2D eigenvalue weighted by atomic mass is 32.1. The predicted octanol–water partition coefficient (Wildman–Crippen LogP) is 4.63. The largest absolute Gasteiger partial charge is 0.459 e. The van der Waals surface area contributed by atoms with E-state index in [9.17, 15) is 18.8 Å². The average molecular weight is 450 g/mol. The summed E-state index contributed by atoms with van der Waals surface area (Å²) >= 11 is 1.03. The van der Waals surface area contributed by atoms with Crippen molar-refractivity contribution >= 4 is 45.4 Å². The molecular weight excluding hydrogens is 435 g/mol. The van der Waals surface area contributed by atoms with Crippen LogP contribution in [0, 0.1) is 5.82 Å². The molecule has 0 aliphatic carbocycles. The molecule has 0 unspecified atom stereocenters. The van der Waals surface area contributed by atoms with Gasteiger partial charge >= 0.3 is 0 Å². The van der Waals surface area contributed by atoms with Gasteiger partial charge in [-0.25, -0.2) is 4.39 Å². The van der Waals surface area contributed by atoms with Crippen molar-refractivity contribution in [2.24, 2.45) is 0 Å². The predicted molar refractivity (Wildman–Crippen MR) is 118 cm³/mol. The molecule has 1 aromatic carbocycles. The number of halogens is 1. The lowest BCUT2D eigenvalue weighted by Gasteiger charge is -2.12. The van der Waals surface area contributed by atoms with Crippen LogP contribution in [0.3, 0.4) is 0 Å². The number of carbonyl (C=O) groups is 3. The Morgan fingerprint density at radius 2 is 1.69 bits per heavy atom. The Bertz CT molecular complexity index is 1270. The molecule has 3 heterocycles. The van der Waals surface area contributed by atoms with E-state index in [1.807, 2.05) is 0 Å². The minimum Gasteiger partial charge on any atom is -0.459 e. The van der Waals surface area contributed by atoms with Crippen molar-refractivity contribution in [1.82, 2.24) is 4.98 Å². The highest BCUT2D eigenvalue weighted by Gasteiger charge is 2.16.